The van der Waals surface area contributed by atoms with Gasteiger partial charge in [-0.2, -0.15) is 5.10 Å². The maximum atomic E-state index is 9.22. The third-order valence-corrected chi connectivity index (χ3v) is 2.45. The Morgan fingerprint density at radius 2 is 1.86 bits per heavy atom. The van der Waals surface area contributed by atoms with Crippen LogP contribution >= 0.6 is 0 Å². The maximum absolute atomic E-state index is 9.22. The zero-order chi connectivity index (χ0) is 11.0. The van der Waals surface area contributed by atoms with E-state index in [9.17, 15) is 5.11 Å². The molecule has 3 nitrogen and oxygen atoms in total. The molecule has 0 aliphatic rings. The highest BCUT2D eigenvalue weighted by Crippen LogP contribution is 2.23. The normalized spacial score (nSPS) is 13.3. The van der Waals surface area contributed by atoms with E-state index in [1.807, 2.05) is 30.9 Å². The molecule has 0 amide bonds. The van der Waals surface area contributed by atoms with Crippen molar-refractivity contribution in [1.29, 1.82) is 0 Å². The van der Waals surface area contributed by atoms with E-state index < -0.39 is 0 Å². The molecule has 0 saturated carbocycles. The molecule has 0 aliphatic heterocycles. The standard InChI is InChI=1S/C11H20N2O/c1-10(2,3)13-7-9(6-12-13)11(4,5)8-14/h6-7,14H,8H2,1-5H3. The van der Waals surface area contributed by atoms with Gasteiger partial charge in [-0.15, -0.1) is 0 Å². The molecular weight excluding hydrogens is 176 g/mol. The van der Waals surface area contributed by atoms with Crippen LogP contribution in [0.15, 0.2) is 12.4 Å². The molecule has 0 saturated heterocycles. The molecule has 14 heavy (non-hydrogen) atoms. The molecule has 0 atom stereocenters. The lowest BCUT2D eigenvalue weighted by atomic mass is 9.88. The van der Waals surface area contributed by atoms with Crippen LogP contribution in [0.4, 0.5) is 0 Å². The van der Waals surface area contributed by atoms with Gasteiger partial charge in [0.15, 0.2) is 0 Å². The van der Waals surface area contributed by atoms with Crippen molar-refractivity contribution in [3.63, 3.8) is 0 Å². The molecule has 0 radical (unpaired) electrons. The molecular formula is C11H20N2O. The zero-order valence-electron chi connectivity index (χ0n) is 9.70. The zero-order valence-corrected chi connectivity index (χ0v) is 9.70. The van der Waals surface area contributed by atoms with Gasteiger partial charge in [-0.25, -0.2) is 0 Å². The number of hydrogen-bond donors (Lipinski definition) is 1. The number of aromatic nitrogens is 2. The quantitative estimate of drug-likeness (QED) is 0.784. The molecule has 3 heteroatoms. The van der Waals surface area contributed by atoms with Crippen LogP contribution in [-0.4, -0.2) is 21.5 Å². The highest BCUT2D eigenvalue weighted by molar-refractivity contribution is 5.17. The van der Waals surface area contributed by atoms with Crippen LogP contribution in [0.25, 0.3) is 0 Å². The van der Waals surface area contributed by atoms with E-state index in [0.29, 0.717) is 0 Å². The molecule has 0 aliphatic carbocycles. The second-order valence-corrected chi connectivity index (χ2v) is 5.39. The van der Waals surface area contributed by atoms with Crippen LogP contribution in [0.3, 0.4) is 0 Å². The van der Waals surface area contributed by atoms with Gasteiger partial charge in [0.2, 0.25) is 0 Å². The number of hydrogen-bond acceptors (Lipinski definition) is 2. The summed E-state index contributed by atoms with van der Waals surface area (Å²) < 4.78 is 1.93. The third-order valence-electron chi connectivity index (χ3n) is 2.45. The summed E-state index contributed by atoms with van der Waals surface area (Å²) in [6, 6.07) is 0. The Morgan fingerprint density at radius 3 is 2.21 bits per heavy atom. The Balaban J connectivity index is 3.00. The largest absolute Gasteiger partial charge is 0.395 e. The van der Waals surface area contributed by atoms with E-state index in [4.69, 9.17) is 0 Å². The number of nitrogens with zero attached hydrogens (tertiary/aromatic N) is 2. The molecule has 1 aromatic rings. The Labute approximate surface area is 85.8 Å². The average molecular weight is 196 g/mol. The van der Waals surface area contributed by atoms with Crippen LogP contribution < -0.4 is 0 Å². The second kappa shape index (κ2) is 3.39. The van der Waals surface area contributed by atoms with Crippen molar-refractivity contribution in [1.82, 2.24) is 9.78 Å². The van der Waals surface area contributed by atoms with Crippen molar-refractivity contribution in [2.45, 2.75) is 45.6 Å². The number of rotatable bonds is 2. The summed E-state index contributed by atoms with van der Waals surface area (Å²) >= 11 is 0. The predicted molar refractivity (Wildman–Crippen MR) is 57.3 cm³/mol. The molecule has 80 valence electrons. The van der Waals surface area contributed by atoms with Gasteiger partial charge in [-0.3, -0.25) is 4.68 Å². The first-order valence-electron chi connectivity index (χ1n) is 4.94. The van der Waals surface area contributed by atoms with Crippen LogP contribution in [0.1, 0.15) is 40.2 Å². The number of aliphatic hydroxyl groups excluding tert-OH is 1. The fourth-order valence-electron chi connectivity index (χ4n) is 1.13. The van der Waals surface area contributed by atoms with E-state index in [1.54, 1.807) is 0 Å². The van der Waals surface area contributed by atoms with Gasteiger partial charge in [0.25, 0.3) is 0 Å². The predicted octanol–water partition coefficient (Wildman–Crippen LogP) is 1.91. The van der Waals surface area contributed by atoms with Crippen molar-refractivity contribution in [2.75, 3.05) is 6.61 Å². The van der Waals surface area contributed by atoms with Crippen LogP contribution in [-0.2, 0) is 11.0 Å². The summed E-state index contributed by atoms with van der Waals surface area (Å²) in [5, 5.41) is 13.5. The van der Waals surface area contributed by atoms with Gasteiger partial charge in [0.1, 0.15) is 0 Å². The van der Waals surface area contributed by atoms with Crippen molar-refractivity contribution >= 4 is 0 Å². The van der Waals surface area contributed by atoms with Gasteiger partial charge >= 0.3 is 0 Å². The minimum atomic E-state index is -0.205. The van der Waals surface area contributed by atoms with E-state index in [-0.39, 0.29) is 17.6 Å². The maximum Gasteiger partial charge on any atom is 0.0543 e. The monoisotopic (exact) mass is 196 g/mol. The molecule has 0 bridgehead atoms. The van der Waals surface area contributed by atoms with Crippen LogP contribution in [0, 0.1) is 0 Å². The van der Waals surface area contributed by atoms with Crippen molar-refractivity contribution in [3.8, 4) is 0 Å². The van der Waals surface area contributed by atoms with Crippen molar-refractivity contribution in [3.05, 3.63) is 18.0 Å². The first kappa shape index (κ1) is 11.2. The minimum absolute atomic E-state index is 0.00376. The number of aliphatic hydroxyl groups is 1. The Morgan fingerprint density at radius 1 is 1.29 bits per heavy atom. The molecule has 1 N–H and O–H groups in total. The van der Waals surface area contributed by atoms with E-state index in [1.165, 1.54) is 0 Å². The van der Waals surface area contributed by atoms with Gasteiger partial charge in [-0.05, 0) is 26.3 Å². The highest BCUT2D eigenvalue weighted by Gasteiger charge is 2.23. The van der Waals surface area contributed by atoms with Crippen molar-refractivity contribution < 1.29 is 5.11 Å². The summed E-state index contributed by atoms with van der Waals surface area (Å²) in [6.07, 6.45) is 3.84. The Hall–Kier alpha value is -0.830. The molecule has 0 spiro atoms. The topological polar surface area (TPSA) is 38.1 Å². The molecule has 1 rings (SSSR count). The second-order valence-electron chi connectivity index (χ2n) is 5.39. The van der Waals surface area contributed by atoms with Crippen LogP contribution in [0.2, 0.25) is 0 Å². The lowest BCUT2D eigenvalue weighted by Gasteiger charge is -2.21. The van der Waals surface area contributed by atoms with Gasteiger partial charge in [0.05, 0.1) is 18.3 Å². The summed E-state index contributed by atoms with van der Waals surface area (Å²) in [5.74, 6) is 0. The van der Waals surface area contributed by atoms with E-state index in [2.05, 4.69) is 25.9 Å². The lowest BCUT2D eigenvalue weighted by molar-refractivity contribution is 0.218. The van der Waals surface area contributed by atoms with E-state index >= 15 is 0 Å². The summed E-state index contributed by atoms with van der Waals surface area (Å²) in [6.45, 7) is 10.5. The first-order chi connectivity index (χ1) is 6.27. The lowest BCUT2D eigenvalue weighted by Crippen LogP contribution is -2.24. The SMILES string of the molecule is CC(C)(CO)c1cnn(C(C)(C)C)c1. The molecule has 0 unspecified atom stereocenters. The van der Waals surface area contributed by atoms with E-state index in [0.717, 1.165) is 5.56 Å². The smallest absolute Gasteiger partial charge is 0.0543 e. The summed E-state index contributed by atoms with van der Waals surface area (Å²) in [7, 11) is 0. The molecule has 1 aromatic heterocycles. The Bertz CT molecular complexity index is 307. The third kappa shape index (κ3) is 2.15. The fourth-order valence-corrected chi connectivity index (χ4v) is 1.13. The Kier molecular flexibility index (Phi) is 2.72. The average Bonchev–Trinajstić information content (AvgIpc) is 2.51. The molecule has 1 heterocycles. The van der Waals surface area contributed by atoms with Crippen molar-refractivity contribution in [2.24, 2.45) is 0 Å². The van der Waals surface area contributed by atoms with Gasteiger partial charge in [-0.1, -0.05) is 13.8 Å². The molecule has 0 fully saturated rings. The fraction of sp³-hybridized carbons (Fsp3) is 0.727. The summed E-state index contributed by atoms with van der Waals surface area (Å²) in [4.78, 5) is 0. The summed E-state index contributed by atoms with van der Waals surface area (Å²) in [5.41, 5.74) is 0.878. The highest BCUT2D eigenvalue weighted by atomic mass is 16.3. The first-order valence-corrected chi connectivity index (χ1v) is 4.94. The molecule has 0 aromatic carbocycles. The van der Waals surface area contributed by atoms with Gasteiger partial charge < -0.3 is 5.11 Å². The van der Waals surface area contributed by atoms with Gasteiger partial charge in [0, 0.05) is 11.6 Å². The van der Waals surface area contributed by atoms with Crippen LogP contribution in [0.5, 0.6) is 0 Å². The minimum Gasteiger partial charge on any atom is -0.395 e.